The van der Waals surface area contributed by atoms with Crippen molar-refractivity contribution < 1.29 is 9.59 Å². The van der Waals surface area contributed by atoms with Crippen LogP contribution in [-0.4, -0.2) is 62.4 Å². The predicted molar refractivity (Wildman–Crippen MR) is 118 cm³/mol. The molecule has 2 aromatic rings. The van der Waals surface area contributed by atoms with E-state index in [0.29, 0.717) is 35.8 Å². The second kappa shape index (κ2) is 6.71. The number of carbonyl (C=O) groups excluding carboxylic acids is 2. The lowest BCUT2D eigenvalue weighted by Gasteiger charge is -2.44. The Morgan fingerprint density at radius 1 is 1.23 bits per heavy atom. The average Bonchev–Trinajstić information content (AvgIpc) is 3.30. The lowest BCUT2D eigenvalue weighted by Crippen LogP contribution is -2.59. The number of amides is 2. The molecule has 2 amide bonds. The zero-order valence-electron chi connectivity index (χ0n) is 18.2. The van der Waals surface area contributed by atoms with Gasteiger partial charge >= 0.3 is 0 Å². The van der Waals surface area contributed by atoms with Gasteiger partial charge in [-0.25, -0.2) is 9.99 Å². The van der Waals surface area contributed by atoms with Crippen molar-refractivity contribution in [1.82, 2.24) is 30.6 Å². The van der Waals surface area contributed by atoms with Gasteiger partial charge in [0.05, 0.1) is 11.0 Å². The van der Waals surface area contributed by atoms with Crippen LogP contribution in [-0.2, 0) is 4.79 Å². The first kappa shape index (κ1) is 19.9. The van der Waals surface area contributed by atoms with Crippen LogP contribution in [0.1, 0.15) is 50.4 Å². The highest BCUT2D eigenvalue weighted by molar-refractivity contribution is 5.98. The number of carbonyl (C=O) groups is 2. The molecule has 1 fully saturated rings. The molecule has 0 unspecified atom stereocenters. The molecule has 1 spiro atoms. The van der Waals surface area contributed by atoms with Gasteiger partial charge in [0, 0.05) is 36.3 Å². The maximum Gasteiger partial charge on any atom is 0.269 e. The fourth-order valence-electron chi connectivity index (χ4n) is 4.82. The smallest absolute Gasteiger partial charge is 0.269 e. The summed E-state index contributed by atoms with van der Waals surface area (Å²) in [6.45, 7) is 8.36. The van der Waals surface area contributed by atoms with Crippen LogP contribution in [0.3, 0.4) is 0 Å². The third-order valence-electron chi connectivity index (χ3n) is 6.67. The summed E-state index contributed by atoms with van der Waals surface area (Å²) in [6.07, 6.45) is 2.32. The zero-order valence-corrected chi connectivity index (χ0v) is 18.2. The zero-order chi connectivity index (χ0) is 22.0. The van der Waals surface area contributed by atoms with E-state index in [9.17, 15) is 9.59 Å². The number of rotatable bonds is 1. The van der Waals surface area contributed by atoms with Crippen LogP contribution >= 0.6 is 0 Å². The Morgan fingerprint density at radius 3 is 2.68 bits per heavy atom. The Morgan fingerprint density at radius 2 is 1.97 bits per heavy atom. The second-order valence-corrected chi connectivity index (χ2v) is 9.90. The van der Waals surface area contributed by atoms with Crippen LogP contribution in [0.15, 0.2) is 29.5 Å². The van der Waals surface area contributed by atoms with Gasteiger partial charge in [-0.15, -0.1) is 0 Å². The van der Waals surface area contributed by atoms with Crippen molar-refractivity contribution in [1.29, 1.82) is 0 Å². The molecule has 1 saturated heterocycles. The quantitative estimate of drug-likeness (QED) is 0.552. The molecule has 164 valence electrons. The van der Waals surface area contributed by atoms with Gasteiger partial charge in [-0.2, -0.15) is 0 Å². The highest BCUT2D eigenvalue weighted by Crippen LogP contribution is 2.37. The summed E-state index contributed by atoms with van der Waals surface area (Å²) in [7, 11) is 0. The second-order valence-electron chi connectivity index (χ2n) is 9.90. The number of nitrogens with one attached hydrogen (secondary N) is 3. The number of nitrogens with two attached hydrogens (primary N) is 1. The number of imidazole rings is 1. The maximum absolute atomic E-state index is 13.1. The summed E-state index contributed by atoms with van der Waals surface area (Å²) in [5.41, 5.74) is 12.6. The number of hydrazine groups is 1. The summed E-state index contributed by atoms with van der Waals surface area (Å²) >= 11 is 0. The molecular formula is C22H29N7O2. The maximum atomic E-state index is 13.1. The average molecular weight is 424 g/mol. The van der Waals surface area contributed by atoms with Crippen LogP contribution in [0.4, 0.5) is 5.95 Å². The molecule has 31 heavy (non-hydrogen) atoms. The van der Waals surface area contributed by atoms with E-state index < -0.39 is 0 Å². The van der Waals surface area contributed by atoms with Crippen molar-refractivity contribution in [2.45, 2.75) is 51.1 Å². The molecule has 3 aliphatic heterocycles. The highest BCUT2D eigenvalue weighted by Gasteiger charge is 2.45. The lowest BCUT2D eigenvalue weighted by molar-refractivity contribution is -0.121. The molecule has 0 bridgehead atoms. The first-order chi connectivity index (χ1) is 14.6. The van der Waals surface area contributed by atoms with Gasteiger partial charge in [0.25, 0.3) is 11.8 Å². The van der Waals surface area contributed by atoms with Crippen LogP contribution in [0.25, 0.3) is 11.0 Å². The van der Waals surface area contributed by atoms with Crippen molar-refractivity contribution in [3.05, 3.63) is 35.0 Å². The minimum atomic E-state index is -0.275. The van der Waals surface area contributed by atoms with Crippen molar-refractivity contribution in [3.63, 3.8) is 0 Å². The molecule has 0 atom stereocenters. The molecule has 9 heteroatoms. The summed E-state index contributed by atoms with van der Waals surface area (Å²) in [6, 6.07) is 5.41. The topological polar surface area (TPSA) is 119 Å². The van der Waals surface area contributed by atoms with Gasteiger partial charge in [0.2, 0.25) is 0 Å². The first-order valence-electron chi connectivity index (χ1n) is 10.8. The molecule has 0 saturated carbocycles. The number of likely N-dealkylation sites (tertiary alicyclic amines) is 1. The van der Waals surface area contributed by atoms with E-state index in [1.165, 1.54) is 5.57 Å². The molecule has 4 heterocycles. The number of fused-ring (bicyclic) bond motifs is 1. The van der Waals surface area contributed by atoms with E-state index in [-0.39, 0.29) is 22.9 Å². The first-order valence-corrected chi connectivity index (χ1v) is 10.8. The van der Waals surface area contributed by atoms with Gasteiger partial charge in [0.15, 0.2) is 5.95 Å². The molecule has 1 aromatic carbocycles. The van der Waals surface area contributed by atoms with E-state index in [1.54, 1.807) is 12.1 Å². The van der Waals surface area contributed by atoms with Crippen LogP contribution in [0.2, 0.25) is 0 Å². The van der Waals surface area contributed by atoms with E-state index in [2.05, 4.69) is 46.5 Å². The third kappa shape index (κ3) is 3.42. The number of H-pyrrole nitrogens is 1. The van der Waals surface area contributed by atoms with E-state index in [4.69, 9.17) is 5.73 Å². The molecule has 9 nitrogen and oxygen atoms in total. The molecule has 0 radical (unpaired) electrons. The van der Waals surface area contributed by atoms with Crippen LogP contribution < -0.4 is 16.5 Å². The fraction of sp³-hybridized carbons (Fsp3) is 0.500. The van der Waals surface area contributed by atoms with E-state index in [1.807, 2.05) is 11.0 Å². The van der Waals surface area contributed by atoms with Gasteiger partial charge in [-0.3, -0.25) is 9.59 Å². The number of piperidine rings is 1. The van der Waals surface area contributed by atoms with E-state index >= 15 is 0 Å². The molecule has 5 N–H and O–H groups in total. The monoisotopic (exact) mass is 423 g/mol. The van der Waals surface area contributed by atoms with Gasteiger partial charge in [0.1, 0.15) is 5.70 Å². The number of hydrogen-bond donors (Lipinski definition) is 4. The molecule has 0 aliphatic carbocycles. The molecular weight excluding hydrogens is 394 g/mol. The summed E-state index contributed by atoms with van der Waals surface area (Å²) < 4.78 is 0. The Kier molecular flexibility index (Phi) is 4.30. The Labute approximate surface area is 181 Å². The van der Waals surface area contributed by atoms with Gasteiger partial charge in [-0.1, -0.05) is 0 Å². The predicted octanol–water partition coefficient (Wildman–Crippen LogP) is 1.51. The van der Waals surface area contributed by atoms with Gasteiger partial charge in [-0.05, 0) is 63.8 Å². The SMILES string of the molecule is CC(C)(C)N1CC2=C(N1)C(=O)NC1(CCN(C(=O)c3ccc4[nH]c(N)nc4c3)CC1)C2. The Hall–Kier alpha value is -3.07. The fourth-order valence-corrected chi connectivity index (χ4v) is 4.82. The molecule has 1 aromatic heterocycles. The third-order valence-corrected chi connectivity index (χ3v) is 6.67. The minimum Gasteiger partial charge on any atom is -0.369 e. The number of hydrogen-bond acceptors (Lipinski definition) is 6. The summed E-state index contributed by atoms with van der Waals surface area (Å²) in [4.78, 5) is 34.9. The van der Waals surface area contributed by atoms with Crippen molar-refractivity contribution in [3.8, 4) is 0 Å². The van der Waals surface area contributed by atoms with E-state index in [0.717, 1.165) is 31.3 Å². The number of nitrogens with zero attached hydrogens (tertiary/aromatic N) is 3. The van der Waals surface area contributed by atoms with Crippen LogP contribution in [0, 0.1) is 0 Å². The summed E-state index contributed by atoms with van der Waals surface area (Å²) in [5, 5.41) is 5.37. The molecule has 3 aliphatic rings. The van der Waals surface area contributed by atoms with Gasteiger partial charge < -0.3 is 26.4 Å². The highest BCUT2D eigenvalue weighted by atomic mass is 16.2. The minimum absolute atomic E-state index is 0.0122. The number of nitrogen functional groups attached to an aromatic ring is 1. The number of aromatic nitrogens is 2. The lowest BCUT2D eigenvalue weighted by atomic mass is 9.78. The molecule has 5 rings (SSSR count). The summed E-state index contributed by atoms with van der Waals surface area (Å²) in [5.74, 6) is 0.295. The van der Waals surface area contributed by atoms with Crippen molar-refractivity contribution in [2.75, 3.05) is 25.4 Å². The number of benzene rings is 1. The number of aromatic amines is 1. The Balaban J connectivity index is 1.28. The standard InChI is InChI=1S/C22H29N7O2/c1-21(2,3)29-12-14-11-22(26-18(30)17(14)27-29)6-8-28(9-7-22)19(31)13-4-5-15-16(10-13)25-20(23)24-15/h4-5,10,27H,6-9,11-12H2,1-3H3,(H,26,30)(H3,23,24,25). The van der Waals surface area contributed by atoms with Crippen LogP contribution in [0.5, 0.6) is 0 Å². The van der Waals surface area contributed by atoms with Crippen molar-refractivity contribution in [2.24, 2.45) is 0 Å². The Bertz CT molecular complexity index is 1100. The number of anilines is 1. The normalized spacial score (nSPS) is 21.4. The van der Waals surface area contributed by atoms with Crippen molar-refractivity contribution >= 4 is 28.8 Å². The largest absolute Gasteiger partial charge is 0.369 e.